The van der Waals surface area contributed by atoms with Crippen molar-refractivity contribution >= 4 is 15.9 Å². The Morgan fingerprint density at radius 1 is 1.64 bits per heavy atom. The largest absolute Gasteiger partial charge is 0.376 e. The number of rotatable bonds is 1. The molecule has 1 saturated heterocycles. The molecule has 1 aromatic rings. The fourth-order valence-electron chi connectivity index (χ4n) is 0.953. The number of nitrogens with two attached hydrogens (primary N) is 1. The zero-order valence-corrected chi connectivity index (χ0v) is 7.30. The minimum atomic E-state index is -0.445. The van der Waals surface area contributed by atoms with Gasteiger partial charge >= 0.3 is 0 Å². The fourth-order valence-corrected chi connectivity index (χ4v) is 1.23. The van der Waals surface area contributed by atoms with Gasteiger partial charge in [-0.25, -0.2) is 0 Å². The van der Waals surface area contributed by atoms with Gasteiger partial charge in [0.25, 0.3) is 0 Å². The number of hydrogen-bond donors (Lipinski definition) is 1. The molecule has 1 fully saturated rings. The van der Waals surface area contributed by atoms with Crippen LogP contribution in [-0.4, -0.2) is 18.4 Å². The average Bonchev–Trinajstić information content (AvgIpc) is 2.31. The van der Waals surface area contributed by atoms with Gasteiger partial charge in [-0.05, 0) is 15.9 Å². The standard InChI is InChI=1S/C6H7BrN2O2/c7-5-1-4(11-9-5)6(8)2-10-3-6/h1H,2-3,8H2. The third-order valence-electron chi connectivity index (χ3n) is 1.69. The summed E-state index contributed by atoms with van der Waals surface area (Å²) in [6, 6.07) is 1.77. The first-order valence-electron chi connectivity index (χ1n) is 3.20. The van der Waals surface area contributed by atoms with E-state index in [4.69, 9.17) is 15.0 Å². The Balaban J connectivity index is 2.28. The van der Waals surface area contributed by atoms with E-state index in [0.29, 0.717) is 23.6 Å². The number of ether oxygens (including phenoxy) is 1. The van der Waals surface area contributed by atoms with Crippen molar-refractivity contribution in [3.63, 3.8) is 0 Å². The Labute approximate surface area is 71.8 Å². The maximum Gasteiger partial charge on any atom is 0.162 e. The van der Waals surface area contributed by atoms with Crippen LogP contribution in [0.1, 0.15) is 5.76 Å². The molecule has 0 saturated carbocycles. The highest BCUT2D eigenvalue weighted by molar-refractivity contribution is 9.10. The van der Waals surface area contributed by atoms with Gasteiger partial charge in [0.05, 0.1) is 13.2 Å². The van der Waals surface area contributed by atoms with E-state index in [1.807, 2.05) is 0 Å². The monoisotopic (exact) mass is 218 g/mol. The lowest BCUT2D eigenvalue weighted by Gasteiger charge is -2.34. The summed E-state index contributed by atoms with van der Waals surface area (Å²) >= 11 is 3.18. The van der Waals surface area contributed by atoms with Gasteiger partial charge in [0, 0.05) is 6.07 Å². The van der Waals surface area contributed by atoms with Crippen molar-refractivity contribution in [2.45, 2.75) is 5.54 Å². The normalized spacial score (nSPS) is 21.3. The van der Waals surface area contributed by atoms with Crippen LogP contribution in [0.5, 0.6) is 0 Å². The van der Waals surface area contributed by atoms with Crippen LogP contribution in [0, 0.1) is 0 Å². The van der Waals surface area contributed by atoms with Crippen LogP contribution < -0.4 is 5.73 Å². The first kappa shape index (κ1) is 7.27. The molecule has 1 aromatic heterocycles. The number of hydrogen-bond acceptors (Lipinski definition) is 4. The molecule has 0 amide bonds. The zero-order chi connectivity index (χ0) is 7.90. The molecule has 0 radical (unpaired) electrons. The molecule has 0 atom stereocenters. The topological polar surface area (TPSA) is 61.3 Å². The zero-order valence-electron chi connectivity index (χ0n) is 5.71. The molecule has 1 aliphatic rings. The highest BCUT2D eigenvalue weighted by Crippen LogP contribution is 2.27. The minimum Gasteiger partial charge on any atom is -0.376 e. The van der Waals surface area contributed by atoms with Crippen LogP contribution in [0.2, 0.25) is 0 Å². The molecule has 4 nitrogen and oxygen atoms in total. The summed E-state index contributed by atoms with van der Waals surface area (Å²) in [6.45, 7) is 1.02. The molecule has 2 N–H and O–H groups in total. The maximum absolute atomic E-state index is 5.86. The molecular formula is C6H7BrN2O2. The highest BCUT2D eigenvalue weighted by atomic mass is 79.9. The van der Waals surface area contributed by atoms with E-state index in [0.717, 1.165) is 0 Å². The lowest BCUT2D eigenvalue weighted by atomic mass is 9.96. The van der Waals surface area contributed by atoms with Gasteiger partial charge in [-0.2, -0.15) is 0 Å². The van der Waals surface area contributed by atoms with Crippen molar-refractivity contribution in [3.8, 4) is 0 Å². The number of halogens is 1. The quantitative estimate of drug-likeness (QED) is 0.752. The van der Waals surface area contributed by atoms with E-state index >= 15 is 0 Å². The molecule has 0 aromatic carbocycles. The van der Waals surface area contributed by atoms with Gasteiger partial charge in [0.2, 0.25) is 0 Å². The van der Waals surface area contributed by atoms with Crippen molar-refractivity contribution in [1.82, 2.24) is 5.16 Å². The smallest absolute Gasteiger partial charge is 0.162 e. The highest BCUT2D eigenvalue weighted by Gasteiger charge is 2.39. The second kappa shape index (κ2) is 2.30. The molecule has 2 rings (SSSR count). The van der Waals surface area contributed by atoms with Gasteiger partial charge in [0.15, 0.2) is 5.76 Å². The molecule has 60 valence electrons. The summed E-state index contributed by atoms with van der Waals surface area (Å²) in [7, 11) is 0. The van der Waals surface area contributed by atoms with E-state index in [1.54, 1.807) is 6.07 Å². The van der Waals surface area contributed by atoms with Crippen molar-refractivity contribution in [1.29, 1.82) is 0 Å². The maximum atomic E-state index is 5.86. The van der Waals surface area contributed by atoms with Crippen LogP contribution in [0.3, 0.4) is 0 Å². The molecule has 11 heavy (non-hydrogen) atoms. The SMILES string of the molecule is NC1(c2cc(Br)no2)COC1. The van der Waals surface area contributed by atoms with Crippen LogP contribution in [-0.2, 0) is 10.3 Å². The van der Waals surface area contributed by atoms with E-state index in [1.165, 1.54) is 0 Å². The Morgan fingerprint density at radius 2 is 2.36 bits per heavy atom. The Morgan fingerprint density at radius 3 is 2.73 bits per heavy atom. The summed E-state index contributed by atoms with van der Waals surface area (Å²) < 4.78 is 10.6. The summed E-state index contributed by atoms with van der Waals surface area (Å²) in [6.07, 6.45) is 0. The summed E-state index contributed by atoms with van der Waals surface area (Å²) in [4.78, 5) is 0. The summed E-state index contributed by atoms with van der Waals surface area (Å²) in [5, 5.41) is 3.67. The van der Waals surface area contributed by atoms with Crippen molar-refractivity contribution in [2.75, 3.05) is 13.2 Å². The van der Waals surface area contributed by atoms with Crippen LogP contribution in [0.15, 0.2) is 15.2 Å². The van der Waals surface area contributed by atoms with Crippen molar-refractivity contribution in [2.24, 2.45) is 5.73 Å². The lowest BCUT2D eigenvalue weighted by molar-refractivity contribution is -0.0689. The molecule has 0 aliphatic carbocycles. The van der Waals surface area contributed by atoms with Gasteiger partial charge in [-0.1, -0.05) is 5.16 Å². The first-order chi connectivity index (χ1) is 5.21. The first-order valence-corrected chi connectivity index (χ1v) is 3.99. The Hall–Kier alpha value is -0.390. The number of nitrogens with zero attached hydrogens (tertiary/aromatic N) is 1. The third-order valence-corrected chi connectivity index (χ3v) is 2.07. The van der Waals surface area contributed by atoms with E-state index in [9.17, 15) is 0 Å². The molecule has 0 bridgehead atoms. The molecule has 1 aliphatic heterocycles. The predicted octanol–water partition coefficient (Wildman–Crippen LogP) is 0.621. The van der Waals surface area contributed by atoms with Gasteiger partial charge < -0.3 is 15.0 Å². The Bertz CT molecular complexity index is 269. The van der Waals surface area contributed by atoms with E-state index in [-0.39, 0.29) is 0 Å². The molecular weight excluding hydrogens is 212 g/mol. The fraction of sp³-hybridized carbons (Fsp3) is 0.500. The van der Waals surface area contributed by atoms with Crippen molar-refractivity contribution in [3.05, 3.63) is 16.4 Å². The second-order valence-corrected chi connectivity index (χ2v) is 3.48. The van der Waals surface area contributed by atoms with E-state index in [2.05, 4.69) is 21.1 Å². The minimum absolute atomic E-state index is 0.445. The van der Waals surface area contributed by atoms with Gasteiger partial charge in [-0.15, -0.1) is 0 Å². The average molecular weight is 219 g/mol. The predicted molar refractivity (Wildman–Crippen MR) is 40.9 cm³/mol. The molecule has 0 unspecified atom stereocenters. The van der Waals surface area contributed by atoms with Crippen LogP contribution in [0.4, 0.5) is 0 Å². The summed E-state index contributed by atoms with van der Waals surface area (Å²) in [5.74, 6) is 0.677. The van der Waals surface area contributed by atoms with Crippen LogP contribution >= 0.6 is 15.9 Å². The molecule has 2 heterocycles. The van der Waals surface area contributed by atoms with E-state index < -0.39 is 5.54 Å². The van der Waals surface area contributed by atoms with Crippen LogP contribution in [0.25, 0.3) is 0 Å². The van der Waals surface area contributed by atoms with Gasteiger partial charge in [-0.3, -0.25) is 0 Å². The molecule has 5 heteroatoms. The summed E-state index contributed by atoms with van der Waals surface area (Å²) in [5.41, 5.74) is 5.41. The van der Waals surface area contributed by atoms with Crippen molar-refractivity contribution < 1.29 is 9.26 Å². The third kappa shape index (κ3) is 1.09. The Kier molecular flexibility index (Phi) is 1.52. The van der Waals surface area contributed by atoms with Gasteiger partial charge in [0.1, 0.15) is 10.1 Å². The lowest BCUT2D eigenvalue weighted by Crippen LogP contribution is -2.54. The second-order valence-electron chi connectivity index (χ2n) is 2.66. The number of aromatic nitrogens is 1. The molecule has 0 spiro atoms.